The summed E-state index contributed by atoms with van der Waals surface area (Å²) in [7, 11) is 0. The van der Waals surface area contributed by atoms with Crippen molar-refractivity contribution in [2.75, 3.05) is 26.3 Å². The van der Waals surface area contributed by atoms with Crippen molar-refractivity contribution in [1.29, 1.82) is 5.26 Å². The van der Waals surface area contributed by atoms with Gasteiger partial charge in [0, 0.05) is 37.7 Å². The van der Waals surface area contributed by atoms with E-state index in [9.17, 15) is 4.79 Å². The van der Waals surface area contributed by atoms with Gasteiger partial charge in [0.25, 0.3) is 0 Å². The van der Waals surface area contributed by atoms with E-state index in [0.29, 0.717) is 41.7 Å². The van der Waals surface area contributed by atoms with Crippen molar-refractivity contribution in [2.24, 2.45) is 17.8 Å². The molecule has 6 heteroatoms. The zero-order chi connectivity index (χ0) is 18.6. The van der Waals surface area contributed by atoms with Gasteiger partial charge in [-0.2, -0.15) is 5.26 Å². The number of carbonyl (C=O) groups is 1. The van der Waals surface area contributed by atoms with Gasteiger partial charge in [-0.3, -0.25) is 4.79 Å². The summed E-state index contributed by atoms with van der Waals surface area (Å²) in [6, 6.07) is 5.49. The summed E-state index contributed by atoms with van der Waals surface area (Å²) in [5.74, 6) is 2.32. The molecule has 2 saturated heterocycles. The van der Waals surface area contributed by atoms with Crippen LogP contribution in [-0.4, -0.2) is 48.2 Å². The molecule has 0 aromatic carbocycles. The molecule has 27 heavy (non-hydrogen) atoms. The highest BCUT2D eigenvalue weighted by Gasteiger charge is 2.45. The molecule has 3 heterocycles. The van der Waals surface area contributed by atoms with E-state index in [4.69, 9.17) is 14.7 Å². The SMILES string of the molecule is N#Cc1ccc(OCC[C@@H]2CO[C@@H]3CN(C(=O)CC4CCCC4)C[C@H]23)nc1. The first-order chi connectivity index (χ1) is 13.2. The van der Waals surface area contributed by atoms with Crippen LogP contribution >= 0.6 is 0 Å². The van der Waals surface area contributed by atoms with Gasteiger partial charge in [-0.15, -0.1) is 0 Å². The topological polar surface area (TPSA) is 75.5 Å². The number of rotatable bonds is 6. The second-order valence-electron chi connectivity index (χ2n) is 8.08. The van der Waals surface area contributed by atoms with Crippen molar-refractivity contribution < 1.29 is 14.3 Å². The zero-order valence-electron chi connectivity index (χ0n) is 15.7. The third-order valence-corrected chi connectivity index (χ3v) is 6.33. The predicted octanol–water partition coefficient (Wildman–Crippen LogP) is 2.78. The number of ether oxygens (including phenoxy) is 2. The molecule has 1 saturated carbocycles. The van der Waals surface area contributed by atoms with Crippen LogP contribution < -0.4 is 4.74 Å². The number of aromatic nitrogens is 1. The highest BCUT2D eigenvalue weighted by molar-refractivity contribution is 5.77. The van der Waals surface area contributed by atoms with Crippen molar-refractivity contribution in [2.45, 2.75) is 44.6 Å². The van der Waals surface area contributed by atoms with Crippen molar-refractivity contribution in [3.63, 3.8) is 0 Å². The molecule has 1 amide bonds. The molecule has 3 atom stereocenters. The lowest BCUT2D eigenvalue weighted by molar-refractivity contribution is -0.132. The summed E-state index contributed by atoms with van der Waals surface area (Å²) in [6.07, 6.45) is 8.32. The molecule has 0 N–H and O–H groups in total. The Bertz CT molecular complexity index is 694. The van der Waals surface area contributed by atoms with E-state index in [1.54, 1.807) is 12.1 Å². The fraction of sp³-hybridized carbons (Fsp3) is 0.667. The first-order valence-electron chi connectivity index (χ1n) is 10.1. The first-order valence-corrected chi connectivity index (χ1v) is 10.1. The number of carbonyl (C=O) groups excluding carboxylic acids is 1. The van der Waals surface area contributed by atoms with Gasteiger partial charge in [0.1, 0.15) is 6.07 Å². The highest BCUT2D eigenvalue weighted by Crippen LogP contribution is 2.36. The van der Waals surface area contributed by atoms with E-state index in [-0.39, 0.29) is 6.10 Å². The quantitative estimate of drug-likeness (QED) is 0.771. The lowest BCUT2D eigenvalue weighted by Gasteiger charge is -2.21. The molecule has 1 aromatic rings. The van der Waals surface area contributed by atoms with Crippen LogP contribution in [0.25, 0.3) is 0 Å². The number of pyridine rings is 1. The average molecular weight is 369 g/mol. The molecule has 0 radical (unpaired) electrons. The van der Waals surface area contributed by atoms with Gasteiger partial charge in [-0.25, -0.2) is 4.98 Å². The minimum Gasteiger partial charge on any atom is -0.478 e. The Morgan fingerprint density at radius 1 is 1.33 bits per heavy atom. The van der Waals surface area contributed by atoms with E-state index in [0.717, 1.165) is 32.5 Å². The summed E-state index contributed by atoms with van der Waals surface area (Å²) in [4.78, 5) is 18.8. The van der Waals surface area contributed by atoms with Crippen LogP contribution in [0.1, 0.15) is 44.1 Å². The number of likely N-dealkylation sites (tertiary alicyclic amines) is 1. The van der Waals surface area contributed by atoms with Crippen LogP contribution in [0.3, 0.4) is 0 Å². The van der Waals surface area contributed by atoms with Crippen LogP contribution in [-0.2, 0) is 9.53 Å². The van der Waals surface area contributed by atoms with Gasteiger partial charge >= 0.3 is 0 Å². The van der Waals surface area contributed by atoms with E-state index in [1.165, 1.54) is 31.9 Å². The summed E-state index contributed by atoms with van der Waals surface area (Å²) in [6.45, 7) is 2.91. The van der Waals surface area contributed by atoms with E-state index < -0.39 is 0 Å². The Morgan fingerprint density at radius 2 is 2.19 bits per heavy atom. The first kappa shape index (κ1) is 18.2. The van der Waals surface area contributed by atoms with Crippen LogP contribution in [0.5, 0.6) is 5.88 Å². The Labute approximate surface area is 160 Å². The van der Waals surface area contributed by atoms with Crippen molar-refractivity contribution >= 4 is 5.91 Å². The fourth-order valence-electron chi connectivity index (χ4n) is 4.74. The molecule has 0 bridgehead atoms. The maximum absolute atomic E-state index is 12.6. The minimum atomic E-state index is 0.190. The smallest absolute Gasteiger partial charge is 0.222 e. The number of nitriles is 1. The van der Waals surface area contributed by atoms with Gasteiger partial charge in [0.15, 0.2) is 0 Å². The lowest BCUT2D eigenvalue weighted by atomic mass is 9.91. The van der Waals surface area contributed by atoms with Gasteiger partial charge in [0.05, 0.1) is 24.9 Å². The van der Waals surface area contributed by atoms with Crippen molar-refractivity contribution in [3.05, 3.63) is 23.9 Å². The third kappa shape index (κ3) is 4.24. The van der Waals surface area contributed by atoms with Crippen molar-refractivity contribution in [3.8, 4) is 11.9 Å². The number of fused-ring (bicyclic) bond motifs is 1. The molecule has 144 valence electrons. The minimum absolute atomic E-state index is 0.190. The number of amides is 1. The monoisotopic (exact) mass is 369 g/mol. The molecular weight excluding hydrogens is 342 g/mol. The molecule has 3 aliphatic rings. The second kappa shape index (κ2) is 8.26. The maximum Gasteiger partial charge on any atom is 0.222 e. The summed E-state index contributed by atoms with van der Waals surface area (Å²) in [5, 5.41) is 8.80. The Hall–Kier alpha value is -2.13. The van der Waals surface area contributed by atoms with Gasteiger partial charge in [-0.1, -0.05) is 12.8 Å². The molecular formula is C21H27N3O3. The summed E-state index contributed by atoms with van der Waals surface area (Å²) < 4.78 is 11.7. The van der Waals surface area contributed by atoms with Crippen LogP contribution in [0.2, 0.25) is 0 Å². The lowest BCUT2D eigenvalue weighted by Crippen LogP contribution is -2.32. The van der Waals surface area contributed by atoms with Gasteiger partial charge < -0.3 is 14.4 Å². The maximum atomic E-state index is 12.6. The van der Waals surface area contributed by atoms with E-state index in [2.05, 4.69) is 4.98 Å². The molecule has 3 fully saturated rings. The normalized spacial score (nSPS) is 27.5. The molecule has 4 rings (SSSR count). The van der Waals surface area contributed by atoms with Crippen LogP contribution in [0.15, 0.2) is 18.3 Å². The molecule has 6 nitrogen and oxygen atoms in total. The molecule has 0 spiro atoms. The Kier molecular flexibility index (Phi) is 5.58. The molecule has 1 aliphatic carbocycles. The molecule has 2 aliphatic heterocycles. The standard InChI is InChI=1S/C21H27N3O3/c22-10-16-5-6-20(23-11-16)26-8-7-17-14-27-19-13-24(12-18(17)19)21(25)9-15-3-1-2-4-15/h5-6,11,15,17-19H,1-4,7-9,12-14H2/t17-,18-,19-/m1/s1. The molecule has 1 aromatic heterocycles. The molecule has 0 unspecified atom stereocenters. The summed E-state index contributed by atoms with van der Waals surface area (Å²) >= 11 is 0. The predicted molar refractivity (Wildman–Crippen MR) is 98.9 cm³/mol. The second-order valence-corrected chi connectivity index (χ2v) is 8.08. The van der Waals surface area contributed by atoms with Gasteiger partial charge in [0.2, 0.25) is 11.8 Å². The third-order valence-electron chi connectivity index (χ3n) is 6.33. The number of nitrogens with zero attached hydrogens (tertiary/aromatic N) is 3. The number of hydrogen-bond acceptors (Lipinski definition) is 5. The number of hydrogen-bond donors (Lipinski definition) is 0. The van der Waals surface area contributed by atoms with Crippen LogP contribution in [0.4, 0.5) is 0 Å². The largest absolute Gasteiger partial charge is 0.478 e. The Balaban J connectivity index is 1.23. The highest BCUT2D eigenvalue weighted by atomic mass is 16.5. The van der Waals surface area contributed by atoms with E-state index >= 15 is 0 Å². The zero-order valence-corrected chi connectivity index (χ0v) is 15.7. The van der Waals surface area contributed by atoms with E-state index in [1.807, 2.05) is 11.0 Å². The Morgan fingerprint density at radius 3 is 2.93 bits per heavy atom. The fourth-order valence-corrected chi connectivity index (χ4v) is 4.74. The summed E-state index contributed by atoms with van der Waals surface area (Å²) in [5.41, 5.74) is 0.530. The van der Waals surface area contributed by atoms with Crippen molar-refractivity contribution in [1.82, 2.24) is 9.88 Å². The average Bonchev–Trinajstić information content (AvgIpc) is 3.40. The van der Waals surface area contributed by atoms with Crippen LogP contribution in [0, 0.1) is 29.1 Å². The van der Waals surface area contributed by atoms with Gasteiger partial charge in [-0.05, 0) is 37.2 Å².